The van der Waals surface area contributed by atoms with Crippen LogP contribution < -0.4 is 4.74 Å². The number of nitrogens with zero attached hydrogens (tertiary/aromatic N) is 3. The Balaban J connectivity index is 1.72. The molecule has 1 amide bonds. The van der Waals surface area contributed by atoms with E-state index in [0.717, 1.165) is 5.56 Å². The van der Waals surface area contributed by atoms with Gasteiger partial charge in [0.05, 0.1) is 37.2 Å². The number of hydrogen-bond acceptors (Lipinski definition) is 6. The summed E-state index contributed by atoms with van der Waals surface area (Å²) < 4.78 is 12.6. The Bertz CT molecular complexity index is 1450. The first-order chi connectivity index (χ1) is 16.4. The maximum Gasteiger partial charge on any atom is 0.296 e. The Labute approximate surface area is 195 Å². The number of likely N-dealkylation sites (tertiary alicyclic amines) is 1. The number of hydrogen-bond donors (Lipinski definition) is 1. The average Bonchev–Trinajstić information content (AvgIpc) is 3.54. The molecule has 1 atom stereocenters. The average molecular weight is 457 g/mol. The minimum Gasteiger partial charge on any atom is -0.505 e. The van der Waals surface area contributed by atoms with Crippen molar-refractivity contribution >= 4 is 23.1 Å². The van der Waals surface area contributed by atoms with Gasteiger partial charge in [0, 0.05) is 6.20 Å². The van der Waals surface area contributed by atoms with Crippen molar-refractivity contribution in [1.82, 2.24) is 14.3 Å². The van der Waals surface area contributed by atoms with E-state index in [9.17, 15) is 14.7 Å². The van der Waals surface area contributed by atoms with Crippen LogP contribution in [-0.2, 0) is 16.1 Å². The second kappa shape index (κ2) is 8.22. The number of carbonyl (C=O) groups excluding carboxylic acids is 2. The van der Waals surface area contributed by atoms with E-state index in [1.807, 2.05) is 36.6 Å². The molecule has 1 unspecified atom stereocenters. The summed E-state index contributed by atoms with van der Waals surface area (Å²) in [6.45, 7) is 3.80. The van der Waals surface area contributed by atoms with Crippen LogP contribution in [0.1, 0.15) is 34.3 Å². The summed E-state index contributed by atoms with van der Waals surface area (Å²) in [5, 5.41) is 11.4. The highest BCUT2D eigenvalue weighted by atomic mass is 16.5. The van der Waals surface area contributed by atoms with Gasteiger partial charge < -0.3 is 23.6 Å². The zero-order valence-corrected chi connectivity index (χ0v) is 19.0. The van der Waals surface area contributed by atoms with Gasteiger partial charge >= 0.3 is 0 Å². The summed E-state index contributed by atoms with van der Waals surface area (Å²) in [5.41, 5.74) is 3.13. The van der Waals surface area contributed by atoms with Gasteiger partial charge in [-0.2, -0.15) is 0 Å². The van der Waals surface area contributed by atoms with Crippen LogP contribution >= 0.6 is 0 Å². The smallest absolute Gasteiger partial charge is 0.296 e. The Morgan fingerprint density at radius 2 is 1.97 bits per heavy atom. The van der Waals surface area contributed by atoms with E-state index in [1.165, 1.54) is 11.2 Å². The quantitative estimate of drug-likeness (QED) is 0.274. The van der Waals surface area contributed by atoms with Crippen LogP contribution in [0.3, 0.4) is 0 Å². The number of aryl methyl sites for hydroxylation is 2. The molecule has 1 aliphatic heterocycles. The first-order valence-corrected chi connectivity index (χ1v) is 10.8. The predicted octanol–water partition coefficient (Wildman–Crippen LogP) is 4.17. The topological polar surface area (TPSA) is 97.3 Å². The molecule has 0 spiro atoms. The van der Waals surface area contributed by atoms with Gasteiger partial charge in [-0.1, -0.05) is 18.2 Å². The third kappa shape index (κ3) is 3.35. The summed E-state index contributed by atoms with van der Waals surface area (Å²) in [7, 11) is 1.54. The number of aliphatic hydroxyl groups excluding tert-OH is 1. The molecule has 1 N–H and O–H groups in total. The number of carbonyl (C=O) groups is 2. The molecule has 4 aromatic rings. The number of imidazole rings is 1. The number of aromatic nitrogens is 2. The predicted molar refractivity (Wildman–Crippen MR) is 124 cm³/mol. The summed E-state index contributed by atoms with van der Waals surface area (Å²) in [6.07, 6.45) is 3.35. The molecule has 0 saturated carbocycles. The molecule has 34 heavy (non-hydrogen) atoms. The maximum atomic E-state index is 13.3. The van der Waals surface area contributed by atoms with Crippen LogP contribution in [-0.4, -0.2) is 38.2 Å². The largest absolute Gasteiger partial charge is 0.505 e. The third-order valence-corrected chi connectivity index (χ3v) is 6.16. The molecular formula is C26H23N3O5. The van der Waals surface area contributed by atoms with Gasteiger partial charge in [0.2, 0.25) is 0 Å². The second-order valence-electron chi connectivity index (χ2n) is 8.21. The van der Waals surface area contributed by atoms with Crippen molar-refractivity contribution in [3.05, 3.63) is 94.8 Å². The number of fused-ring (bicyclic) bond motifs is 1. The van der Waals surface area contributed by atoms with Crippen LogP contribution in [0.4, 0.5) is 0 Å². The monoisotopic (exact) mass is 457 g/mol. The van der Waals surface area contributed by atoms with Crippen molar-refractivity contribution in [2.75, 3.05) is 7.11 Å². The number of benzene rings is 1. The van der Waals surface area contributed by atoms with Crippen LogP contribution in [0.5, 0.6) is 5.75 Å². The number of Topliss-reactive ketones (excluding diaryl/α,β-unsaturated/α-hetero) is 1. The van der Waals surface area contributed by atoms with Crippen molar-refractivity contribution in [2.45, 2.75) is 26.4 Å². The molecule has 5 rings (SSSR count). The van der Waals surface area contributed by atoms with E-state index in [-0.39, 0.29) is 23.6 Å². The summed E-state index contributed by atoms with van der Waals surface area (Å²) in [4.78, 5) is 32.5. The molecule has 1 aromatic carbocycles. The van der Waals surface area contributed by atoms with Gasteiger partial charge in [-0.3, -0.25) is 9.59 Å². The van der Waals surface area contributed by atoms with Crippen LogP contribution in [0.25, 0.3) is 11.4 Å². The zero-order chi connectivity index (χ0) is 24.0. The maximum absolute atomic E-state index is 13.3. The number of pyridine rings is 1. The number of rotatable bonds is 5. The fraction of sp³-hybridized carbons (Fsp3) is 0.192. The Hall–Kier alpha value is -4.33. The summed E-state index contributed by atoms with van der Waals surface area (Å²) in [6, 6.07) is 13.5. The minimum absolute atomic E-state index is 0.0195. The van der Waals surface area contributed by atoms with Crippen LogP contribution in [0.2, 0.25) is 0 Å². The lowest BCUT2D eigenvalue weighted by Gasteiger charge is -2.24. The number of ketones is 1. The molecule has 1 saturated heterocycles. The van der Waals surface area contributed by atoms with Gasteiger partial charge in [-0.25, -0.2) is 4.98 Å². The van der Waals surface area contributed by atoms with E-state index in [0.29, 0.717) is 28.4 Å². The fourth-order valence-electron chi connectivity index (χ4n) is 4.45. The molecule has 4 heterocycles. The second-order valence-corrected chi connectivity index (χ2v) is 8.21. The minimum atomic E-state index is -0.842. The number of amides is 1. The number of ether oxygens (including phenoxy) is 1. The Morgan fingerprint density at radius 3 is 2.68 bits per heavy atom. The lowest BCUT2D eigenvalue weighted by molar-refractivity contribution is -0.140. The van der Waals surface area contributed by atoms with Gasteiger partial charge in [0.15, 0.2) is 5.76 Å². The molecule has 1 aliphatic rings. The Morgan fingerprint density at radius 1 is 1.15 bits per heavy atom. The number of furan rings is 1. The van der Waals surface area contributed by atoms with E-state index >= 15 is 0 Å². The van der Waals surface area contributed by atoms with E-state index in [1.54, 1.807) is 43.5 Å². The number of aliphatic hydroxyl groups is 1. The van der Waals surface area contributed by atoms with Crippen molar-refractivity contribution in [2.24, 2.45) is 0 Å². The molecule has 0 radical (unpaired) electrons. The van der Waals surface area contributed by atoms with Gasteiger partial charge in [-0.05, 0) is 55.3 Å². The summed E-state index contributed by atoms with van der Waals surface area (Å²) >= 11 is 0. The van der Waals surface area contributed by atoms with Gasteiger partial charge in [0.25, 0.3) is 11.7 Å². The highest BCUT2D eigenvalue weighted by Crippen LogP contribution is 2.41. The highest BCUT2D eigenvalue weighted by Gasteiger charge is 2.47. The molecular weight excluding hydrogens is 434 g/mol. The van der Waals surface area contributed by atoms with E-state index in [4.69, 9.17) is 9.15 Å². The van der Waals surface area contributed by atoms with Crippen molar-refractivity contribution in [1.29, 1.82) is 0 Å². The first kappa shape index (κ1) is 21.5. The highest BCUT2D eigenvalue weighted by molar-refractivity contribution is 6.46. The molecule has 3 aromatic heterocycles. The van der Waals surface area contributed by atoms with Crippen LogP contribution in [0, 0.1) is 13.8 Å². The third-order valence-electron chi connectivity index (χ3n) is 6.16. The lowest BCUT2D eigenvalue weighted by Crippen LogP contribution is -2.29. The number of methoxy groups -OCH3 is 1. The van der Waals surface area contributed by atoms with Crippen molar-refractivity contribution in [3.8, 4) is 5.75 Å². The van der Waals surface area contributed by atoms with E-state index < -0.39 is 17.7 Å². The van der Waals surface area contributed by atoms with Crippen molar-refractivity contribution in [3.63, 3.8) is 0 Å². The lowest BCUT2D eigenvalue weighted by atomic mass is 9.96. The molecule has 172 valence electrons. The van der Waals surface area contributed by atoms with Crippen molar-refractivity contribution < 1.29 is 23.8 Å². The molecule has 8 heteroatoms. The van der Waals surface area contributed by atoms with Gasteiger partial charge in [-0.15, -0.1) is 0 Å². The first-order valence-electron chi connectivity index (χ1n) is 10.8. The molecule has 0 aliphatic carbocycles. The summed E-state index contributed by atoms with van der Waals surface area (Å²) in [5.74, 6) is -0.711. The zero-order valence-electron chi connectivity index (χ0n) is 19.0. The van der Waals surface area contributed by atoms with E-state index in [2.05, 4.69) is 4.98 Å². The fourth-order valence-corrected chi connectivity index (χ4v) is 4.45. The normalized spacial score (nSPS) is 17.6. The Kier molecular flexibility index (Phi) is 5.20. The van der Waals surface area contributed by atoms with Crippen LogP contribution in [0.15, 0.2) is 71.0 Å². The SMILES string of the molecule is COc1cccc(C2C(=C(O)c3nc4c(C)cccn4c3C)C(=O)C(=O)N2Cc2ccco2)c1. The van der Waals surface area contributed by atoms with Gasteiger partial charge in [0.1, 0.15) is 22.9 Å². The molecule has 1 fully saturated rings. The standard InChI is InChI=1S/C26H23N3O5/c1-15-7-5-11-28-16(2)21(27-25(15)28)23(30)20-22(17-8-4-9-18(13-17)33-3)29(26(32)24(20)31)14-19-10-6-12-34-19/h4-13,22,30H,14H2,1-3H3. The molecule has 8 nitrogen and oxygen atoms in total. The molecule has 0 bridgehead atoms.